The number of piperidine rings is 2. The van der Waals surface area contributed by atoms with Gasteiger partial charge in [0.05, 0.1) is 0 Å². The molecule has 1 aromatic carbocycles. The quantitative estimate of drug-likeness (QED) is 0.724. The van der Waals surface area contributed by atoms with E-state index in [2.05, 4.69) is 10.2 Å². The number of carbonyl (C=O) groups excluding carboxylic acids is 3. The highest BCUT2D eigenvalue weighted by Crippen LogP contribution is 2.33. The first-order chi connectivity index (χ1) is 15.5. The average molecular weight is 444 g/mol. The van der Waals surface area contributed by atoms with Gasteiger partial charge in [-0.05, 0) is 62.3 Å². The van der Waals surface area contributed by atoms with E-state index in [1.54, 1.807) is 11.0 Å². The molecule has 0 spiro atoms. The van der Waals surface area contributed by atoms with Gasteiger partial charge in [-0.25, -0.2) is 4.39 Å². The second kappa shape index (κ2) is 8.81. The number of nitrogens with one attached hydrogen (secondary N) is 1. The Morgan fingerprint density at radius 2 is 1.78 bits per heavy atom. The number of ether oxygens (including phenoxy) is 1. The summed E-state index contributed by atoms with van der Waals surface area (Å²) >= 11 is 0. The Hall–Kier alpha value is -2.48. The Morgan fingerprint density at radius 1 is 1.00 bits per heavy atom. The van der Waals surface area contributed by atoms with Gasteiger partial charge in [0.25, 0.3) is 5.91 Å². The van der Waals surface area contributed by atoms with Gasteiger partial charge < -0.3 is 9.64 Å². The maximum absolute atomic E-state index is 13.6. The average Bonchev–Trinajstić information content (AvgIpc) is 3.10. The third kappa shape index (κ3) is 4.12. The van der Waals surface area contributed by atoms with Crippen molar-refractivity contribution in [3.63, 3.8) is 0 Å². The molecule has 8 heteroatoms. The number of rotatable bonds is 4. The van der Waals surface area contributed by atoms with Gasteiger partial charge in [0.15, 0.2) is 0 Å². The Morgan fingerprint density at radius 3 is 2.56 bits per heavy atom. The molecule has 5 rings (SSSR count). The van der Waals surface area contributed by atoms with E-state index in [-0.39, 0.29) is 24.3 Å². The number of fused-ring (bicyclic) bond motifs is 1. The lowest BCUT2D eigenvalue weighted by molar-refractivity contribution is -0.136. The molecule has 2 saturated heterocycles. The zero-order valence-corrected chi connectivity index (χ0v) is 18.2. The molecule has 172 valence electrons. The van der Waals surface area contributed by atoms with Crippen molar-refractivity contribution in [3.05, 3.63) is 29.3 Å². The van der Waals surface area contributed by atoms with E-state index in [9.17, 15) is 18.8 Å². The standard InChI is InChI=1S/C24H30FN3O4/c25-16-9-11-27(12-10-16)19-3-1-2-4-21(19)32-17-5-6-18-15(13-17)14-28(24(18)31)20-7-8-22(29)26-23(20)30/h5-6,13,16,19-21H,1-4,7-12,14H2,(H,26,29,30)/t19-,20?,21-/m0/s1. The van der Waals surface area contributed by atoms with Crippen molar-refractivity contribution in [2.45, 2.75) is 82.3 Å². The van der Waals surface area contributed by atoms with Crippen LogP contribution < -0.4 is 10.1 Å². The van der Waals surface area contributed by atoms with Gasteiger partial charge in [-0.15, -0.1) is 0 Å². The molecule has 3 atom stereocenters. The molecule has 3 aliphatic heterocycles. The number of hydrogen-bond donors (Lipinski definition) is 1. The molecule has 7 nitrogen and oxygen atoms in total. The maximum Gasteiger partial charge on any atom is 0.255 e. The molecule has 1 aromatic rings. The molecule has 1 saturated carbocycles. The second-order valence-corrected chi connectivity index (χ2v) is 9.44. The monoisotopic (exact) mass is 443 g/mol. The van der Waals surface area contributed by atoms with Crippen molar-refractivity contribution in [2.75, 3.05) is 13.1 Å². The molecule has 0 aromatic heterocycles. The fourth-order valence-corrected chi connectivity index (χ4v) is 5.63. The summed E-state index contributed by atoms with van der Waals surface area (Å²) in [6.07, 6.45) is 5.48. The van der Waals surface area contributed by atoms with Crippen molar-refractivity contribution < 1.29 is 23.5 Å². The zero-order valence-electron chi connectivity index (χ0n) is 18.2. The number of carbonyl (C=O) groups is 3. The zero-order chi connectivity index (χ0) is 22.2. The van der Waals surface area contributed by atoms with Crippen molar-refractivity contribution in [3.8, 4) is 5.75 Å². The molecule has 3 heterocycles. The Kier molecular flexibility index (Phi) is 5.88. The molecule has 3 amide bonds. The molecular weight excluding hydrogens is 413 g/mol. The largest absolute Gasteiger partial charge is 0.489 e. The number of amides is 3. The van der Waals surface area contributed by atoms with E-state index in [0.29, 0.717) is 37.4 Å². The number of hydrogen-bond acceptors (Lipinski definition) is 5. The SMILES string of the molecule is O=C1CCC(N2Cc3cc(O[C@H]4CCCC[C@@H]4N4CCC(F)CC4)ccc3C2=O)C(=O)N1. The van der Waals surface area contributed by atoms with Crippen LogP contribution in [0.2, 0.25) is 0 Å². The van der Waals surface area contributed by atoms with Gasteiger partial charge in [-0.3, -0.25) is 24.6 Å². The van der Waals surface area contributed by atoms with Gasteiger partial charge in [-0.1, -0.05) is 6.42 Å². The van der Waals surface area contributed by atoms with E-state index < -0.39 is 18.1 Å². The Balaban J connectivity index is 1.28. The predicted molar refractivity (Wildman–Crippen MR) is 115 cm³/mol. The first kappa shape index (κ1) is 21.4. The smallest absolute Gasteiger partial charge is 0.255 e. The fourth-order valence-electron chi connectivity index (χ4n) is 5.63. The minimum absolute atomic E-state index is 0.0568. The summed E-state index contributed by atoms with van der Waals surface area (Å²) in [5.74, 6) is -0.130. The van der Waals surface area contributed by atoms with E-state index in [0.717, 1.165) is 43.7 Å². The minimum Gasteiger partial charge on any atom is -0.489 e. The first-order valence-corrected chi connectivity index (χ1v) is 11.8. The maximum atomic E-state index is 13.6. The lowest BCUT2D eigenvalue weighted by Crippen LogP contribution is -2.52. The van der Waals surface area contributed by atoms with E-state index in [1.165, 1.54) is 6.42 Å². The van der Waals surface area contributed by atoms with Crippen LogP contribution in [-0.4, -0.2) is 65.0 Å². The number of nitrogens with zero attached hydrogens (tertiary/aromatic N) is 2. The summed E-state index contributed by atoms with van der Waals surface area (Å²) in [5.41, 5.74) is 1.44. The highest BCUT2D eigenvalue weighted by molar-refractivity contribution is 6.05. The van der Waals surface area contributed by atoms with Gasteiger partial charge >= 0.3 is 0 Å². The first-order valence-electron chi connectivity index (χ1n) is 11.8. The highest BCUT2D eigenvalue weighted by Gasteiger charge is 2.39. The second-order valence-electron chi connectivity index (χ2n) is 9.44. The molecule has 1 aliphatic carbocycles. The number of benzene rings is 1. The lowest BCUT2D eigenvalue weighted by atomic mass is 9.89. The molecular formula is C24H30FN3O4. The molecule has 1 unspecified atom stereocenters. The predicted octanol–water partition coefficient (Wildman–Crippen LogP) is 2.57. The molecule has 32 heavy (non-hydrogen) atoms. The van der Waals surface area contributed by atoms with Gasteiger partial charge in [0, 0.05) is 37.7 Å². The number of halogens is 1. The summed E-state index contributed by atoms with van der Waals surface area (Å²) in [5, 5.41) is 2.33. The van der Waals surface area contributed by atoms with E-state index >= 15 is 0 Å². The summed E-state index contributed by atoms with van der Waals surface area (Å²) in [6.45, 7) is 1.91. The van der Waals surface area contributed by atoms with Crippen LogP contribution in [0, 0.1) is 0 Å². The van der Waals surface area contributed by atoms with Crippen LogP contribution >= 0.6 is 0 Å². The summed E-state index contributed by atoms with van der Waals surface area (Å²) in [4.78, 5) is 40.5. The fraction of sp³-hybridized carbons (Fsp3) is 0.625. The number of imide groups is 1. The van der Waals surface area contributed by atoms with Crippen LogP contribution in [0.3, 0.4) is 0 Å². The molecule has 0 bridgehead atoms. The van der Waals surface area contributed by atoms with Crippen LogP contribution in [-0.2, 0) is 16.1 Å². The van der Waals surface area contributed by atoms with Crippen molar-refractivity contribution in [1.82, 2.24) is 15.1 Å². The Bertz CT molecular complexity index is 915. The molecule has 1 N–H and O–H groups in total. The highest BCUT2D eigenvalue weighted by atomic mass is 19.1. The summed E-state index contributed by atoms with van der Waals surface area (Å²) in [7, 11) is 0. The van der Waals surface area contributed by atoms with Gasteiger partial charge in [0.1, 0.15) is 24.1 Å². The van der Waals surface area contributed by atoms with E-state index in [4.69, 9.17) is 4.74 Å². The number of likely N-dealkylation sites (tertiary alicyclic amines) is 1. The van der Waals surface area contributed by atoms with Gasteiger partial charge in [-0.2, -0.15) is 0 Å². The molecule has 4 aliphatic rings. The van der Waals surface area contributed by atoms with Crippen molar-refractivity contribution in [2.24, 2.45) is 0 Å². The minimum atomic E-state index is -0.684. The summed E-state index contributed by atoms with van der Waals surface area (Å²) < 4.78 is 20.0. The normalized spacial score (nSPS) is 29.7. The van der Waals surface area contributed by atoms with Crippen molar-refractivity contribution in [1.29, 1.82) is 0 Å². The summed E-state index contributed by atoms with van der Waals surface area (Å²) in [6, 6.07) is 5.22. The number of alkyl halides is 1. The molecule has 0 radical (unpaired) electrons. The Labute approximate surface area is 187 Å². The van der Waals surface area contributed by atoms with Crippen LogP contribution in [0.4, 0.5) is 4.39 Å². The third-order valence-corrected chi connectivity index (χ3v) is 7.38. The van der Waals surface area contributed by atoms with Gasteiger partial charge in [0.2, 0.25) is 11.8 Å². The third-order valence-electron chi connectivity index (χ3n) is 7.38. The van der Waals surface area contributed by atoms with Crippen LogP contribution in [0.5, 0.6) is 5.75 Å². The molecule has 3 fully saturated rings. The van der Waals surface area contributed by atoms with Crippen LogP contribution in [0.25, 0.3) is 0 Å². The topological polar surface area (TPSA) is 79.0 Å². The van der Waals surface area contributed by atoms with E-state index in [1.807, 2.05) is 12.1 Å². The van der Waals surface area contributed by atoms with Crippen LogP contribution in [0.1, 0.15) is 67.3 Å². The van der Waals surface area contributed by atoms with Crippen LogP contribution in [0.15, 0.2) is 18.2 Å². The lowest BCUT2D eigenvalue weighted by Gasteiger charge is -2.42. The van der Waals surface area contributed by atoms with Crippen molar-refractivity contribution >= 4 is 17.7 Å².